The van der Waals surface area contributed by atoms with Gasteiger partial charge in [0, 0.05) is 10.8 Å². The van der Waals surface area contributed by atoms with Crippen LogP contribution >= 0.6 is 0 Å². The Balaban J connectivity index is 2.32. The number of nitrogens with one attached hydrogen (secondary N) is 1. The molecule has 18 heavy (non-hydrogen) atoms. The second kappa shape index (κ2) is 3.10. The molecule has 1 N–H and O–H groups in total. The minimum absolute atomic E-state index is 0.146. The molecule has 0 saturated carbocycles. The monoisotopic (exact) mass is 238 g/mol. The first-order valence-electron chi connectivity index (χ1n) is 5.32. The molecule has 1 aromatic heterocycles. The third kappa shape index (κ3) is 1.05. The molecule has 0 fully saturated rings. The van der Waals surface area contributed by atoms with Crippen LogP contribution in [0.2, 0.25) is 0 Å². The zero-order chi connectivity index (χ0) is 12.1. The van der Waals surface area contributed by atoms with E-state index in [0.717, 1.165) is 5.39 Å². The van der Waals surface area contributed by atoms with Crippen LogP contribution in [0.5, 0.6) is 0 Å². The summed E-state index contributed by atoms with van der Waals surface area (Å²) in [6.07, 6.45) is 1.48. The number of nitrogens with zero attached hydrogens (tertiary/aromatic N) is 5. The maximum absolute atomic E-state index is 12.1. The zero-order valence-electron chi connectivity index (χ0n) is 9.03. The van der Waals surface area contributed by atoms with Gasteiger partial charge < -0.3 is 0 Å². The lowest BCUT2D eigenvalue weighted by Gasteiger charge is -1.89. The quantitative estimate of drug-likeness (QED) is 0.481. The lowest BCUT2D eigenvalue weighted by atomic mass is 10.2. The van der Waals surface area contributed by atoms with E-state index in [1.54, 1.807) is 6.07 Å². The summed E-state index contributed by atoms with van der Waals surface area (Å²) < 4.78 is 1.46. The molecule has 0 unspecified atom stereocenters. The van der Waals surface area contributed by atoms with Crippen molar-refractivity contribution in [2.45, 2.75) is 0 Å². The SMILES string of the molecule is O=c1c2nnc3[nH]ncn3nc-2c2ccccc12. The molecule has 0 saturated heterocycles. The van der Waals surface area contributed by atoms with Gasteiger partial charge in [0.1, 0.15) is 12.0 Å². The fourth-order valence-electron chi connectivity index (χ4n) is 2.04. The Morgan fingerprint density at radius 2 is 1.89 bits per heavy atom. The molecule has 2 aromatic rings. The Bertz CT molecular complexity index is 908. The van der Waals surface area contributed by atoms with Crippen LogP contribution in [0, 0.1) is 0 Å². The predicted molar refractivity (Wildman–Crippen MR) is 63.3 cm³/mol. The summed E-state index contributed by atoms with van der Waals surface area (Å²) in [7, 11) is 0. The van der Waals surface area contributed by atoms with Crippen molar-refractivity contribution in [2.75, 3.05) is 0 Å². The highest BCUT2D eigenvalue weighted by molar-refractivity contribution is 5.98. The Morgan fingerprint density at radius 1 is 1.06 bits per heavy atom. The second-order valence-electron chi connectivity index (χ2n) is 3.90. The fraction of sp³-hybridized carbons (Fsp3) is 0. The number of aromatic nitrogens is 6. The average Bonchev–Trinajstić information content (AvgIpc) is 2.89. The molecule has 1 aromatic carbocycles. The first kappa shape index (κ1) is 9.23. The molecule has 2 aliphatic rings. The van der Waals surface area contributed by atoms with Crippen LogP contribution in [-0.4, -0.2) is 30.0 Å². The van der Waals surface area contributed by atoms with Gasteiger partial charge in [-0.15, -0.1) is 10.2 Å². The van der Waals surface area contributed by atoms with E-state index < -0.39 is 0 Å². The van der Waals surface area contributed by atoms with E-state index in [1.165, 1.54) is 10.8 Å². The van der Waals surface area contributed by atoms with E-state index in [9.17, 15) is 4.79 Å². The van der Waals surface area contributed by atoms with E-state index in [1.807, 2.05) is 18.2 Å². The largest absolute Gasteiger partial charge is 0.287 e. The summed E-state index contributed by atoms with van der Waals surface area (Å²) in [5.74, 6) is 0.384. The highest BCUT2D eigenvalue weighted by atomic mass is 16.1. The Kier molecular flexibility index (Phi) is 1.59. The van der Waals surface area contributed by atoms with Crippen molar-refractivity contribution in [1.82, 2.24) is 30.0 Å². The van der Waals surface area contributed by atoms with Crippen molar-refractivity contribution in [2.24, 2.45) is 0 Å². The van der Waals surface area contributed by atoms with E-state index in [0.29, 0.717) is 16.9 Å². The van der Waals surface area contributed by atoms with Crippen LogP contribution in [0.4, 0.5) is 0 Å². The van der Waals surface area contributed by atoms with Gasteiger partial charge in [-0.1, -0.05) is 24.3 Å². The molecule has 1 aliphatic carbocycles. The number of benzene rings is 1. The lowest BCUT2D eigenvalue weighted by Crippen LogP contribution is -1.99. The van der Waals surface area contributed by atoms with Gasteiger partial charge in [-0.2, -0.15) is 14.7 Å². The van der Waals surface area contributed by atoms with E-state index >= 15 is 0 Å². The Morgan fingerprint density at radius 3 is 2.78 bits per heavy atom. The molecule has 0 amide bonds. The molecule has 7 heteroatoms. The summed E-state index contributed by atoms with van der Waals surface area (Å²) in [5, 5.41) is 20.1. The molecular weight excluding hydrogens is 232 g/mol. The maximum atomic E-state index is 12.1. The number of fused-ring (bicyclic) bond motifs is 4. The molecule has 1 aliphatic heterocycles. The van der Waals surface area contributed by atoms with Crippen molar-refractivity contribution in [3.8, 4) is 11.4 Å². The van der Waals surface area contributed by atoms with E-state index in [4.69, 9.17) is 0 Å². The highest BCUT2D eigenvalue weighted by Crippen LogP contribution is 2.24. The number of hydrogen-bond donors (Lipinski definition) is 1. The van der Waals surface area contributed by atoms with Crippen LogP contribution in [0.3, 0.4) is 0 Å². The van der Waals surface area contributed by atoms with Gasteiger partial charge in [0.15, 0.2) is 5.69 Å². The van der Waals surface area contributed by atoms with Gasteiger partial charge in [-0.3, -0.25) is 4.79 Å². The van der Waals surface area contributed by atoms with Crippen LogP contribution < -0.4 is 5.43 Å². The molecule has 0 radical (unpaired) electrons. The van der Waals surface area contributed by atoms with Crippen molar-refractivity contribution >= 4 is 16.6 Å². The van der Waals surface area contributed by atoms with Crippen LogP contribution in [0.15, 0.2) is 35.4 Å². The molecule has 0 spiro atoms. The molecular formula is C11H6N6O. The summed E-state index contributed by atoms with van der Waals surface area (Å²) in [6.45, 7) is 0. The number of rotatable bonds is 0. The standard InChI is InChI=1S/C11H6N6O/c18-10-7-4-2-1-3-6(7)8-9(10)13-15-11-14-12-5-17(11)16-8/h1-5H,(H,14,15). The molecule has 7 nitrogen and oxygen atoms in total. The molecule has 86 valence electrons. The normalized spacial score (nSPS) is 11.6. The molecule has 0 bridgehead atoms. The number of hydrogen-bond acceptors (Lipinski definition) is 5. The molecule has 0 atom stereocenters. The van der Waals surface area contributed by atoms with Crippen LogP contribution in [-0.2, 0) is 0 Å². The van der Waals surface area contributed by atoms with E-state index in [2.05, 4.69) is 25.5 Å². The van der Waals surface area contributed by atoms with Gasteiger partial charge in [-0.25, -0.2) is 5.10 Å². The van der Waals surface area contributed by atoms with Gasteiger partial charge in [0.05, 0.1) is 0 Å². The Labute approximate surface area is 99.4 Å². The minimum Gasteiger partial charge on any atom is -0.287 e. The van der Waals surface area contributed by atoms with Gasteiger partial charge in [0.25, 0.3) is 5.78 Å². The van der Waals surface area contributed by atoms with Gasteiger partial charge in [-0.05, 0) is 0 Å². The summed E-state index contributed by atoms with van der Waals surface area (Å²) >= 11 is 0. The smallest absolute Gasteiger partial charge is 0.265 e. The van der Waals surface area contributed by atoms with Gasteiger partial charge in [0.2, 0.25) is 5.43 Å². The summed E-state index contributed by atoms with van der Waals surface area (Å²) in [6, 6.07) is 7.29. The van der Waals surface area contributed by atoms with Gasteiger partial charge >= 0.3 is 0 Å². The second-order valence-corrected chi connectivity index (χ2v) is 3.90. The topological polar surface area (TPSA) is 88.8 Å². The van der Waals surface area contributed by atoms with E-state index in [-0.39, 0.29) is 11.1 Å². The third-order valence-electron chi connectivity index (χ3n) is 2.87. The molecule has 4 rings (SSSR count). The first-order chi connectivity index (χ1) is 8.84. The summed E-state index contributed by atoms with van der Waals surface area (Å²) in [5.41, 5.74) is 0.657. The zero-order valence-corrected chi connectivity index (χ0v) is 9.03. The first-order valence-corrected chi connectivity index (χ1v) is 5.32. The maximum Gasteiger partial charge on any atom is 0.265 e. The van der Waals surface area contributed by atoms with Crippen molar-refractivity contribution < 1.29 is 0 Å². The third-order valence-corrected chi connectivity index (χ3v) is 2.87. The van der Waals surface area contributed by atoms with Crippen molar-refractivity contribution in [1.29, 1.82) is 0 Å². The van der Waals surface area contributed by atoms with Crippen molar-refractivity contribution in [3.63, 3.8) is 0 Å². The number of H-pyrrole nitrogens is 1. The van der Waals surface area contributed by atoms with Crippen LogP contribution in [0.1, 0.15) is 0 Å². The predicted octanol–water partition coefficient (Wildman–Crippen LogP) is 0.466. The minimum atomic E-state index is -0.146. The fourth-order valence-corrected chi connectivity index (χ4v) is 2.04. The lowest BCUT2D eigenvalue weighted by molar-refractivity contribution is 0.932. The Hall–Kier alpha value is -2.83. The number of aromatic amines is 1. The average molecular weight is 238 g/mol. The van der Waals surface area contributed by atoms with Crippen LogP contribution in [0.25, 0.3) is 27.9 Å². The highest BCUT2D eigenvalue weighted by Gasteiger charge is 2.19. The van der Waals surface area contributed by atoms with Crippen molar-refractivity contribution in [3.05, 3.63) is 40.8 Å². The molecule has 2 heterocycles. The summed E-state index contributed by atoms with van der Waals surface area (Å²) in [4.78, 5) is 12.1.